The van der Waals surface area contributed by atoms with Crippen LogP contribution in [0.2, 0.25) is 0 Å². The predicted molar refractivity (Wildman–Crippen MR) is 73.7 cm³/mol. The van der Waals surface area contributed by atoms with Crippen molar-refractivity contribution in [1.82, 2.24) is 15.0 Å². The van der Waals surface area contributed by atoms with Crippen LogP contribution in [-0.2, 0) is 13.1 Å². The van der Waals surface area contributed by atoms with Crippen molar-refractivity contribution in [3.8, 4) is 12.0 Å². The lowest BCUT2D eigenvalue weighted by Gasteiger charge is -2.15. The van der Waals surface area contributed by atoms with E-state index in [0.29, 0.717) is 12.5 Å². The number of nitrogen functional groups attached to an aromatic ring is 1. The van der Waals surface area contributed by atoms with Crippen molar-refractivity contribution >= 4 is 11.6 Å². The van der Waals surface area contributed by atoms with E-state index in [1.165, 1.54) is 25.3 Å². The molecule has 1 aromatic carbocycles. The molecule has 0 atom stereocenters. The number of benzene rings is 1. The van der Waals surface area contributed by atoms with Crippen LogP contribution in [0.4, 0.5) is 11.6 Å². The van der Waals surface area contributed by atoms with Crippen LogP contribution in [0.15, 0.2) is 18.2 Å². The first-order valence-corrected chi connectivity index (χ1v) is 6.16. The highest BCUT2D eigenvalue weighted by molar-refractivity contribution is 5.51. The quantitative estimate of drug-likeness (QED) is 0.834. The Balaban J connectivity index is 1.92. The van der Waals surface area contributed by atoms with Gasteiger partial charge in [-0.15, -0.1) is 4.98 Å². The van der Waals surface area contributed by atoms with Crippen LogP contribution in [0, 0.1) is 0 Å². The van der Waals surface area contributed by atoms with E-state index in [4.69, 9.17) is 15.2 Å². The molecule has 1 aromatic heterocycles. The third-order valence-corrected chi connectivity index (χ3v) is 3.18. The summed E-state index contributed by atoms with van der Waals surface area (Å²) in [6.45, 7) is 1.43. The number of anilines is 2. The fourth-order valence-electron chi connectivity index (χ4n) is 2.21. The molecule has 7 heteroatoms. The summed E-state index contributed by atoms with van der Waals surface area (Å²) in [6, 6.07) is 6.38. The van der Waals surface area contributed by atoms with E-state index in [-0.39, 0.29) is 12.0 Å². The van der Waals surface area contributed by atoms with Crippen molar-refractivity contribution in [2.45, 2.75) is 13.1 Å². The lowest BCUT2D eigenvalue weighted by molar-refractivity contribution is 0.340. The summed E-state index contributed by atoms with van der Waals surface area (Å²) in [5.74, 6) is 0.531. The number of nitrogens with zero attached hydrogens (tertiary/aromatic N) is 4. The second-order valence-corrected chi connectivity index (χ2v) is 4.49. The largest absolute Gasteiger partial charge is 0.467 e. The Morgan fingerprint density at radius 3 is 2.30 bits per heavy atom. The van der Waals surface area contributed by atoms with E-state index < -0.39 is 0 Å². The molecule has 2 aromatic rings. The minimum atomic E-state index is 0.238. The molecule has 0 amide bonds. The molecule has 0 saturated heterocycles. The van der Waals surface area contributed by atoms with E-state index in [1.54, 1.807) is 0 Å². The van der Waals surface area contributed by atoms with E-state index in [9.17, 15) is 0 Å². The monoisotopic (exact) mass is 273 g/mol. The van der Waals surface area contributed by atoms with Gasteiger partial charge in [0.15, 0.2) is 0 Å². The van der Waals surface area contributed by atoms with Gasteiger partial charge in [-0.2, -0.15) is 9.97 Å². The molecule has 104 valence electrons. The Hall–Kier alpha value is -2.57. The van der Waals surface area contributed by atoms with Crippen molar-refractivity contribution in [2.24, 2.45) is 0 Å². The Labute approximate surface area is 116 Å². The maximum atomic E-state index is 5.81. The Morgan fingerprint density at radius 2 is 1.65 bits per heavy atom. The third-order valence-electron chi connectivity index (χ3n) is 3.18. The molecule has 0 fully saturated rings. The molecule has 20 heavy (non-hydrogen) atoms. The Kier molecular flexibility index (Phi) is 3.02. The average Bonchev–Trinajstić information content (AvgIpc) is 2.89. The van der Waals surface area contributed by atoms with Crippen molar-refractivity contribution in [1.29, 1.82) is 0 Å². The standard InChI is InChI=1S/C13H15N5O2/c1-19-12-15-11(16-13(17-12)20-2)18-6-8-3-4-10(14)5-9(8)7-18/h3-5H,6-7,14H2,1-2H3. The number of fused-ring (bicyclic) bond motifs is 1. The molecule has 1 aliphatic heterocycles. The molecule has 1 aliphatic rings. The highest BCUT2D eigenvalue weighted by atomic mass is 16.5. The van der Waals surface area contributed by atoms with Crippen LogP contribution in [0.3, 0.4) is 0 Å². The number of aromatic nitrogens is 3. The molecule has 0 saturated carbocycles. The fraction of sp³-hybridized carbons (Fsp3) is 0.308. The normalized spacial score (nSPS) is 13.2. The molecule has 2 N–H and O–H groups in total. The van der Waals surface area contributed by atoms with Gasteiger partial charge in [-0.1, -0.05) is 6.07 Å². The summed E-state index contributed by atoms with van der Waals surface area (Å²) in [4.78, 5) is 14.5. The molecular weight excluding hydrogens is 258 g/mol. The topological polar surface area (TPSA) is 86.4 Å². The van der Waals surface area contributed by atoms with Crippen molar-refractivity contribution in [2.75, 3.05) is 24.9 Å². The zero-order valence-corrected chi connectivity index (χ0v) is 11.3. The van der Waals surface area contributed by atoms with Crippen LogP contribution < -0.4 is 20.1 Å². The van der Waals surface area contributed by atoms with Crippen LogP contribution in [0.25, 0.3) is 0 Å². The summed E-state index contributed by atoms with van der Waals surface area (Å²) in [7, 11) is 3.02. The molecule has 0 aliphatic carbocycles. The summed E-state index contributed by atoms with van der Waals surface area (Å²) in [5, 5.41) is 0. The van der Waals surface area contributed by atoms with Gasteiger partial charge in [0.2, 0.25) is 5.95 Å². The Morgan fingerprint density at radius 1 is 1.00 bits per heavy atom. The minimum absolute atomic E-state index is 0.238. The van der Waals surface area contributed by atoms with E-state index >= 15 is 0 Å². The Bertz CT molecular complexity index is 624. The summed E-state index contributed by atoms with van der Waals surface area (Å²) >= 11 is 0. The second kappa shape index (κ2) is 4.84. The minimum Gasteiger partial charge on any atom is -0.467 e. The zero-order valence-electron chi connectivity index (χ0n) is 11.3. The third kappa shape index (κ3) is 2.18. The number of hydrogen-bond acceptors (Lipinski definition) is 7. The molecular formula is C13H15N5O2. The molecule has 0 spiro atoms. The van der Waals surface area contributed by atoms with Gasteiger partial charge >= 0.3 is 12.0 Å². The highest BCUT2D eigenvalue weighted by Crippen LogP contribution is 2.28. The molecule has 2 heterocycles. The lowest BCUT2D eigenvalue weighted by atomic mass is 10.1. The average molecular weight is 273 g/mol. The first-order chi connectivity index (χ1) is 9.69. The van der Waals surface area contributed by atoms with Crippen molar-refractivity contribution in [3.05, 3.63) is 29.3 Å². The fourth-order valence-corrected chi connectivity index (χ4v) is 2.21. The number of hydrogen-bond donors (Lipinski definition) is 1. The number of ether oxygens (including phenoxy) is 2. The summed E-state index contributed by atoms with van der Waals surface area (Å²) in [6.07, 6.45) is 0. The highest BCUT2D eigenvalue weighted by Gasteiger charge is 2.22. The molecule has 7 nitrogen and oxygen atoms in total. The molecule has 0 radical (unpaired) electrons. The first-order valence-electron chi connectivity index (χ1n) is 6.16. The van der Waals surface area contributed by atoms with Crippen LogP contribution >= 0.6 is 0 Å². The second-order valence-electron chi connectivity index (χ2n) is 4.49. The van der Waals surface area contributed by atoms with Gasteiger partial charge in [0.1, 0.15) is 0 Å². The number of nitrogens with two attached hydrogens (primary N) is 1. The van der Waals surface area contributed by atoms with E-state index in [2.05, 4.69) is 15.0 Å². The SMILES string of the molecule is COc1nc(OC)nc(N2Cc3ccc(N)cc3C2)n1. The van der Waals surface area contributed by atoms with Crippen LogP contribution in [0.1, 0.15) is 11.1 Å². The van der Waals surface area contributed by atoms with Gasteiger partial charge in [0.05, 0.1) is 14.2 Å². The number of rotatable bonds is 3. The van der Waals surface area contributed by atoms with Crippen molar-refractivity contribution < 1.29 is 9.47 Å². The molecule has 0 bridgehead atoms. The van der Waals surface area contributed by atoms with Gasteiger partial charge in [-0.3, -0.25) is 0 Å². The van der Waals surface area contributed by atoms with Gasteiger partial charge in [-0.05, 0) is 23.3 Å². The summed E-state index contributed by atoms with van der Waals surface area (Å²) in [5.41, 5.74) is 8.97. The van der Waals surface area contributed by atoms with Crippen LogP contribution in [-0.4, -0.2) is 29.2 Å². The van der Waals surface area contributed by atoms with Crippen molar-refractivity contribution in [3.63, 3.8) is 0 Å². The van der Waals surface area contributed by atoms with Gasteiger partial charge in [-0.25, -0.2) is 0 Å². The molecule has 0 unspecified atom stereocenters. The summed E-state index contributed by atoms with van der Waals surface area (Å²) < 4.78 is 10.1. The van der Waals surface area contributed by atoms with Gasteiger partial charge < -0.3 is 20.1 Å². The van der Waals surface area contributed by atoms with Crippen LogP contribution in [0.5, 0.6) is 12.0 Å². The predicted octanol–water partition coefficient (Wildman–Crippen LogP) is 0.991. The van der Waals surface area contributed by atoms with E-state index in [0.717, 1.165) is 12.2 Å². The zero-order chi connectivity index (χ0) is 14.1. The smallest absolute Gasteiger partial charge is 0.324 e. The maximum absolute atomic E-state index is 5.81. The maximum Gasteiger partial charge on any atom is 0.324 e. The lowest BCUT2D eigenvalue weighted by Crippen LogP contribution is -2.18. The molecule has 3 rings (SSSR count). The van der Waals surface area contributed by atoms with Gasteiger partial charge in [0.25, 0.3) is 0 Å². The number of methoxy groups -OCH3 is 2. The van der Waals surface area contributed by atoms with Gasteiger partial charge in [0, 0.05) is 18.8 Å². The van der Waals surface area contributed by atoms with E-state index in [1.807, 2.05) is 23.1 Å². The first kappa shape index (κ1) is 12.5.